The molecule has 0 aliphatic carbocycles. The molecule has 0 bridgehead atoms. The third-order valence-corrected chi connectivity index (χ3v) is 6.01. The van der Waals surface area contributed by atoms with Gasteiger partial charge in [0.05, 0.1) is 44.7 Å². The minimum Gasteiger partial charge on any atom is -0.462 e. The zero-order chi connectivity index (χ0) is 24.7. The summed E-state index contributed by atoms with van der Waals surface area (Å²) in [4.78, 5) is 8.82. The highest BCUT2D eigenvalue weighted by atomic mass is 19.4. The average Bonchev–Trinajstić information content (AvgIpc) is 3.48. The van der Waals surface area contributed by atoms with Gasteiger partial charge >= 0.3 is 6.18 Å². The molecule has 0 unspecified atom stereocenters. The van der Waals surface area contributed by atoms with Crippen molar-refractivity contribution in [3.63, 3.8) is 0 Å². The van der Waals surface area contributed by atoms with Crippen molar-refractivity contribution < 1.29 is 32.1 Å². The molecule has 2 aliphatic heterocycles. The Morgan fingerprint density at radius 1 is 1.26 bits per heavy atom. The van der Waals surface area contributed by atoms with Gasteiger partial charge in [-0.3, -0.25) is 4.68 Å². The Hall–Kier alpha value is -3.41. The molecule has 11 nitrogen and oxygen atoms in total. The van der Waals surface area contributed by atoms with Crippen LogP contribution in [0.25, 0.3) is 11.0 Å². The van der Waals surface area contributed by atoms with Crippen molar-refractivity contribution in [1.82, 2.24) is 24.3 Å². The number of ether oxygens (including phenoxy) is 4. The van der Waals surface area contributed by atoms with Crippen LogP contribution in [0.2, 0.25) is 0 Å². The fourth-order valence-electron chi connectivity index (χ4n) is 3.94. The largest absolute Gasteiger partial charge is 0.462 e. The number of hydrogen-bond acceptors (Lipinski definition) is 9. The number of nitriles is 1. The van der Waals surface area contributed by atoms with Crippen LogP contribution in [0.4, 0.5) is 24.8 Å². The van der Waals surface area contributed by atoms with E-state index in [1.54, 1.807) is 17.7 Å². The first kappa shape index (κ1) is 23.3. The number of alkyl halides is 3. The Kier molecular flexibility index (Phi) is 5.99. The summed E-state index contributed by atoms with van der Waals surface area (Å²) in [6, 6.07) is 3.44. The van der Waals surface area contributed by atoms with E-state index in [0.29, 0.717) is 43.2 Å². The van der Waals surface area contributed by atoms with Gasteiger partial charge in [-0.25, -0.2) is 4.98 Å². The van der Waals surface area contributed by atoms with E-state index in [-0.39, 0.29) is 35.7 Å². The number of nitrogens with zero attached hydrogens (tertiary/aromatic N) is 6. The summed E-state index contributed by atoms with van der Waals surface area (Å²) in [5, 5.41) is 17.4. The summed E-state index contributed by atoms with van der Waals surface area (Å²) in [6.45, 7) is 2.42. The average molecular weight is 493 g/mol. The van der Waals surface area contributed by atoms with Gasteiger partial charge in [-0.2, -0.15) is 23.4 Å². The van der Waals surface area contributed by atoms with Crippen molar-refractivity contribution in [1.29, 1.82) is 5.26 Å². The zero-order valence-electron chi connectivity index (χ0n) is 18.8. The number of anilines is 2. The van der Waals surface area contributed by atoms with Crippen molar-refractivity contribution >= 4 is 22.7 Å². The third kappa shape index (κ3) is 4.38. The van der Waals surface area contributed by atoms with Crippen LogP contribution in [0, 0.1) is 11.3 Å². The maximum atomic E-state index is 13.1. The van der Waals surface area contributed by atoms with Crippen molar-refractivity contribution in [2.75, 3.05) is 38.9 Å². The number of aromatic nitrogens is 5. The standard InChI is InChI=1S/C21H22F3N7O4/c1-11(21(22,23)24)35-19-15(6-30(29-19)14-7-33-8-14)27-20-26-5-12-3-13(4-25)31(18(12)28-20)16-9-34-10-17(16)32-2/h3,5-6,11,14,16-17H,7-10H2,1-2H3,(H,26,27,28)/t11-,16-,17+/m1/s1. The van der Waals surface area contributed by atoms with Gasteiger partial charge in [0, 0.05) is 18.7 Å². The molecule has 1 N–H and O–H groups in total. The Balaban J connectivity index is 1.50. The van der Waals surface area contributed by atoms with Gasteiger partial charge < -0.3 is 28.8 Å². The second kappa shape index (κ2) is 8.99. The van der Waals surface area contributed by atoms with Crippen LogP contribution in [0.1, 0.15) is 24.7 Å². The summed E-state index contributed by atoms with van der Waals surface area (Å²) < 4.78 is 63.9. The minimum absolute atomic E-state index is 0.100. The number of rotatable bonds is 7. The highest BCUT2D eigenvalue weighted by Crippen LogP contribution is 2.34. The number of hydrogen-bond donors (Lipinski definition) is 1. The van der Waals surface area contributed by atoms with E-state index in [9.17, 15) is 18.4 Å². The molecule has 2 fully saturated rings. The Bertz CT molecular complexity index is 1260. The quantitative estimate of drug-likeness (QED) is 0.529. The maximum Gasteiger partial charge on any atom is 0.425 e. The van der Waals surface area contributed by atoms with Gasteiger partial charge in [0.2, 0.25) is 5.95 Å². The molecule has 14 heteroatoms. The van der Waals surface area contributed by atoms with Gasteiger partial charge in [0.1, 0.15) is 29.2 Å². The Morgan fingerprint density at radius 2 is 2.03 bits per heavy atom. The first-order valence-corrected chi connectivity index (χ1v) is 10.8. The van der Waals surface area contributed by atoms with Crippen molar-refractivity contribution in [3.8, 4) is 11.9 Å². The van der Waals surface area contributed by atoms with Crippen molar-refractivity contribution in [2.45, 2.75) is 37.4 Å². The molecule has 0 amide bonds. The Morgan fingerprint density at radius 3 is 2.69 bits per heavy atom. The fourth-order valence-corrected chi connectivity index (χ4v) is 3.94. The van der Waals surface area contributed by atoms with E-state index in [2.05, 4.69) is 26.5 Å². The van der Waals surface area contributed by atoms with Crippen molar-refractivity contribution in [3.05, 3.63) is 24.2 Å². The highest BCUT2D eigenvalue weighted by Gasteiger charge is 2.39. The van der Waals surface area contributed by atoms with Gasteiger partial charge in [-0.1, -0.05) is 0 Å². The third-order valence-electron chi connectivity index (χ3n) is 6.01. The maximum absolute atomic E-state index is 13.1. The van der Waals surface area contributed by atoms with Gasteiger partial charge in [0.15, 0.2) is 6.10 Å². The van der Waals surface area contributed by atoms with E-state index in [4.69, 9.17) is 18.9 Å². The predicted octanol–water partition coefficient (Wildman–Crippen LogP) is 2.73. The minimum atomic E-state index is -4.56. The van der Waals surface area contributed by atoms with Crippen LogP contribution in [0.15, 0.2) is 18.5 Å². The van der Waals surface area contributed by atoms with E-state index in [1.807, 2.05) is 0 Å². The molecule has 3 aromatic heterocycles. The predicted molar refractivity (Wildman–Crippen MR) is 114 cm³/mol. The normalized spacial score (nSPS) is 21.6. The first-order chi connectivity index (χ1) is 16.8. The summed E-state index contributed by atoms with van der Waals surface area (Å²) in [5.74, 6) is -0.134. The molecule has 3 atom stereocenters. The number of methoxy groups -OCH3 is 1. The lowest BCUT2D eigenvalue weighted by Gasteiger charge is -2.25. The molecule has 2 aliphatic rings. The summed E-state index contributed by atoms with van der Waals surface area (Å²) in [6.07, 6.45) is -3.84. The summed E-state index contributed by atoms with van der Waals surface area (Å²) in [7, 11) is 1.57. The smallest absolute Gasteiger partial charge is 0.425 e. The number of fused-ring (bicyclic) bond motifs is 1. The molecular formula is C21H22F3N7O4. The van der Waals surface area contributed by atoms with Crippen LogP contribution in [0.5, 0.6) is 5.88 Å². The fraction of sp³-hybridized carbons (Fsp3) is 0.524. The zero-order valence-corrected chi connectivity index (χ0v) is 18.8. The summed E-state index contributed by atoms with van der Waals surface area (Å²) in [5.41, 5.74) is 0.997. The van der Waals surface area contributed by atoms with E-state index >= 15 is 0 Å². The van der Waals surface area contributed by atoms with Gasteiger partial charge in [-0.05, 0) is 13.0 Å². The number of nitrogens with one attached hydrogen (secondary N) is 1. The molecule has 35 heavy (non-hydrogen) atoms. The van der Waals surface area contributed by atoms with Gasteiger partial charge in [0.25, 0.3) is 5.88 Å². The lowest BCUT2D eigenvalue weighted by atomic mass is 10.2. The van der Waals surface area contributed by atoms with E-state index in [1.165, 1.54) is 17.1 Å². The van der Waals surface area contributed by atoms with E-state index in [0.717, 1.165) is 6.92 Å². The molecule has 0 aromatic carbocycles. The van der Waals surface area contributed by atoms with Crippen LogP contribution in [-0.4, -0.2) is 76.2 Å². The molecule has 5 heterocycles. The lowest BCUT2D eigenvalue weighted by Crippen LogP contribution is -2.32. The Labute approximate surface area is 197 Å². The van der Waals surface area contributed by atoms with Gasteiger partial charge in [-0.15, -0.1) is 5.10 Å². The molecule has 0 saturated carbocycles. The first-order valence-electron chi connectivity index (χ1n) is 10.8. The topological polar surface area (TPSA) is 121 Å². The molecule has 2 saturated heterocycles. The molecule has 0 radical (unpaired) electrons. The molecule has 186 valence electrons. The SMILES string of the molecule is CO[C@H]1COC[C@H]1n1c(C#N)cc2cnc(Nc3cn(C4COC4)nc3O[C@H](C)C(F)(F)F)nc21. The lowest BCUT2D eigenvalue weighted by molar-refractivity contribution is -0.189. The summed E-state index contributed by atoms with van der Waals surface area (Å²) >= 11 is 0. The van der Waals surface area contributed by atoms with Crippen LogP contribution in [-0.2, 0) is 14.2 Å². The highest BCUT2D eigenvalue weighted by molar-refractivity contribution is 5.79. The van der Waals surface area contributed by atoms with E-state index < -0.39 is 12.3 Å². The number of halogens is 3. The second-order valence-corrected chi connectivity index (χ2v) is 8.31. The molecular weight excluding hydrogens is 471 g/mol. The molecule has 3 aromatic rings. The van der Waals surface area contributed by atoms with Crippen molar-refractivity contribution in [2.24, 2.45) is 0 Å². The van der Waals surface area contributed by atoms with Crippen LogP contribution >= 0.6 is 0 Å². The molecule has 0 spiro atoms. The second-order valence-electron chi connectivity index (χ2n) is 8.31. The molecule has 5 rings (SSSR count). The van der Waals surface area contributed by atoms with Crippen LogP contribution < -0.4 is 10.1 Å². The van der Waals surface area contributed by atoms with Crippen LogP contribution in [0.3, 0.4) is 0 Å². The monoisotopic (exact) mass is 493 g/mol.